The second-order valence-electron chi connectivity index (χ2n) is 1.26. The molecule has 0 atom stereocenters. The van der Waals surface area contributed by atoms with Crippen molar-refractivity contribution in [3.8, 4) is 0 Å². The molecule has 44 valence electrons. The van der Waals surface area contributed by atoms with E-state index in [4.69, 9.17) is 5.84 Å². The summed E-state index contributed by atoms with van der Waals surface area (Å²) in [5.41, 5.74) is 2.50. The number of hydrogen-bond donors (Lipinski definition) is 2. The Hall–Kier alpha value is -0.550. The number of hydrogen-bond acceptors (Lipinski definition) is 4. The number of hydrazone groups is 1. The first-order valence-electron chi connectivity index (χ1n) is 2.00. The molecule has 1 aliphatic rings. The molecule has 0 spiro atoms. The normalized spacial score (nSPS) is 17.8. The molecule has 0 bridgehead atoms. The van der Waals surface area contributed by atoms with Crippen LogP contribution < -0.4 is 11.4 Å². The van der Waals surface area contributed by atoms with Crippen molar-refractivity contribution in [2.24, 2.45) is 10.9 Å². The summed E-state index contributed by atoms with van der Waals surface area (Å²) in [6.07, 6.45) is 3.38. The van der Waals surface area contributed by atoms with Gasteiger partial charge in [-0.15, -0.1) is 0 Å². The van der Waals surface area contributed by atoms with Crippen LogP contribution in [0.4, 0.5) is 0 Å². The Morgan fingerprint density at radius 2 is 2.62 bits per heavy atom. The first kappa shape index (κ1) is 5.58. The minimum Gasteiger partial charge on any atom is -0.227 e. The number of halogens is 1. The molecular weight excluding hydrogens is 172 g/mol. The molecule has 4 nitrogen and oxygen atoms in total. The predicted octanol–water partition coefficient (Wildman–Crippen LogP) is -0.0976. The molecule has 0 unspecified atom stereocenters. The smallest absolute Gasteiger partial charge is 0.129 e. The quantitative estimate of drug-likeness (QED) is 0.508. The average molecular weight is 177 g/mol. The summed E-state index contributed by atoms with van der Waals surface area (Å²) in [6.45, 7) is 0. The summed E-state index contributed by atoms with van der Waals surface area (Å²) in [5, 5.41) is 4.96. The Bertz CT molecular complexity index is 140. The molecule has 1 aliphatic heterocycles. The Morgan fingerprint density at radius 3 is 3.00 bits per heavy atom. The van der Waals surface area contributed by atoms with Crippen molar-refractivity contribution >= 4 is 20.6 Å². The van der Waals surface area contributed by atoms with Gasteiger partial charge in [0.15, 0.2) is 0 Å². The molecular formula is C3H5BrN4. The van der Waals surface area contributed by atoms with Crippen LogP contribution in [0.3, 0.4) is 0 Å². The zero-order chi connectivity index (χ0) is 5.98. The van der Waals surface area contributed by atoms with Crippen LogP contribution in [0.2, 0.25) is 0 Å². The number of nitrogens with one attached hydrogen (secondary N) is 1. The lowest BCUT2D eigenvalue weighted by Crippen LogP contribution is -2.37. The van der Waals surface area contributed by atoms with Crippen molar-refractivity contribution < 1.29 is 0 Å². The highest BCUT2D eigenvalue weighted by molar-refractivity contribution is 9.18. The highest BCUT2D eigenvalue weighted by atomic mass is 79.9. The van der Waals surface area contributed by atoms with Crippen LogP contribution >= 0.6 is 15.9 Å². The van der Waals surface area contributed by atoms with Gasteiger partial charge in [0.05, 0.1) is 0 Å². The van der Waals surface area contributed by atoms with E-state index in [2.05, 4.69) is 26.6 Å². The van der Waals surface area contributed by atoms with Gasteiger partial charge in [-0.2, -0.15) is 5.10 Å². The largest absolute Gasteiger partial charge is 0.227 e. The van der Waals surface area contributed by atoms with Crippen molar-refractivity contribution in [2.45, 2.75) is 0 Å². The predicted molar refractivity (Wildman–Crippen MR) is 34.7 cm³/mol. The molecule has 1 heterocycles. The summed E-state index contributed by atoms with van der Waals surface area (Å²) in [5.74, 6) is 5.20. The Kier molecular flexibility index (Phi) is 1.50. The number of nitrogens with zero attached hydrogens (tertiary/aromatic N) is 2. The highest BCUT2D eigenvalue weighted by Gasteiger charge is 1.94. The fourth-order valence-corrected chi connectivity index (χ4v) is 0.515. The summed E-state index contributed by atoms with van der Waals surface area (Å²) in [6, 6.07) is 0. The van der Waals surface area contributed by atoms with Gasteiger partial charge in [0.1, 0.15) is 4.62 Å². The van der Waals surface area contributed by atoms with E-state index in [9.17, 15) is 0 Å². The van der Waals surface area contributed by atoms with Crippen LogP contribution in [0.25, 0.3) is 0 Å². The minimum atomic E-state index is 0.735. The summed E-state index contributed by atoms with van der Waals surface area (Å²) in [4.78, 5) is 0. The lowest BCUT2D eigenvalue weighted by atomic mass is 10.6. The third kappa shape index (κ3) is 1.21. The van der Waals surface area contributed by atoms with E-state index in [1.165, 1.54) is 5.12 Å². The maximum atomic E-state index is 5.20. The van der Waals surface area contributed by atoms with Gasteiger partial charge in [-0.1, -0.05) is 0 Å². The van der Waals surface area contributed by atoms with E-state index >= 15 is 0 Å². The Morgan fingerprint density at radius 1 is 1.88 bits per heavy atom. The molecule has 0 aromatic carbocycles. The molecule has 0 saturated heterocycles. The van der Waals surface area contributed by atoms with Gasteiger partial charge in [-0.05, 0) is 22.0 Å². The number of hydrazine groups is 2. The fourth-order valence-electron chi connectivity index (χ4n) is 0.318. The molecule has 0 aromatic heterocycles. The SMILES string of the molecule is NN1C=CC(Br)=NN1. The minimum absolute atomic E-state index is 0.735. The van der Waals surface area contributed by atoms with Crippen molar-refractivity contribution in [1.82, 2.24) is 10.7 Å². The average Bonchev–Trinajstić information content (AvgIpc) is 1.77. The second-order valence-corrected chi connectivity index (χ2v) is 2.07. The third-order valence-electron chi connectivity index (χ3n) is 0.645. The molecule has 0 aromatic rings. The molecule has 0 radical (unpaired) electrons. The molecule has 5 heteroatoms. The maximum Gasteiger partial charge on any atom is 0.129 e. The van der Waals surface area contributed by atoms with Gasteiger partial charge in [0.25, 0.3) is 0 Å². The number of rotatable bonds is 0. The van der Waals surface area contributed by atoms with Gasteiger partial charge in [0.2, 0.25) is 0 Å². The first-order valence-corrected chi connectivity index (χ1v) is 2.79. The van der Waals surface area contributed by atoms with Crippen molar-refractivity contribution in [3.05, 3.63) is 12.3 Å². The zero-order valence-corrected chi connectivity index (χ0v) is 5.59. The van der Waals surface area contributed by atoms with Gasteiger partial charge in [-0.3, -0.25) is 0 Å². The van der Waals surface area contributed by atoms with Crippen molar-refractivity contribution in [2.75, 3.05) is 0 Å². The van der Waals surface area contributed by atoms with E-state index in [1.54, 1.807) is 12.3 Å². The topological polar surface area (TPSA) is 53.6 Å². The summed E-state index contributed by atoms with van der Waals surface area (Å²) >= 11 is 3.13. The van der Waals surface area contributed by atoms with Crippen LogP contribution in [0.1, 0.15) is 0 Å². The Balaban J connectivity index is 2.58. The lowest BCUT2D eigenvalue weighted by molar-refractivity contribution is 0.284. The van der Waals surface area contributed by atoms with Crippen LogP contribution in [-0.4, -0.2) is 9.74 Å². The van der Waals surface area contributed by atoms with Gasteiger partial charge in [-0.25, -0.2) is 16.5 Å². The number of nitrogens with two attached hydrogens (primary N) is 1. The highest BCUT2D eigenvalue weighted by Crippen LogP contribution is 1.94. The van der Waals surface area contributed by atoms with Gasteiger partial charge in [0, 0.05) is 6.20 Å². The zero-order valence-electron chi connectivity index (χ0n) is 4.00. The standard InChI is InChI=1S/C3H5BrN4/c4-3-1-2-8(5)7-6-3/h1-2,7H,5H2. The molecule has 0 saturated carbocycles. The van der Waals surface area contributed by atoms with E-state index in [-0.39, 0.29) is 0 Å². The number of allylic oxidation sites excluding steroid dienone is 1. The molecule has 0 aliphatic carbocycles. The second kappa shape index (κ2) is 2.15. The summed E-state index contributed by atoms with van der Waals surface area (Å²) in [7, 11) is 0. The third-order valence-corrected chi connectivity index (χ3v) is 1.09. The molecule has 1 rings (SSSR count). The van der Waals surface area contributed by atoms with E-state index in [0.29, 0.717) is 0 Å². The summed E-state index contributed by atoms with van der Waals surface area (Å²) < 4.78 is 0.735. The fraction of sp³-hybridized carbons (Fsp3) is 0. The molecule has 0 fully saturated rings. The van der Waals surface area contributed by atoms with Crippen LogP contribution in [0.15, 0.2) is 17.4 Å². The monoisotopic (exact) mass is 176 g/mol. The van der Waals surface area contributed by atoms with E-state index in [1.807, 2.05) is 0 Å². The van der Waals surface area contributed by atoms with Gasteiger partial charge >= 0.3 is 0 Å². The lowest BCUT2D eigenvalue weighted by Gasteiger charge is -2.14. The van der Waals surface area contributed by atoms with Crippen molar-refractivity contribution in [1.29, 1.82) is 0 Å². The molecule has 8 heavy (non-hydrogen) atoms. The van der Waals surface area contributed by atoms with Crippen LogP contribution in [0.5, 0.6) is 0 Å². The van der Waals surface area contributed by atoms with E-state index < -0.39 is 0 Å². The maximum absolute atomic E-state index is 5.20. The van der Waals surface area contributed by atoms with Crippen LogP contribution in [0, 0.1) is 0 Å². The van der Waals surface area contributed by atoms with E-state index in [0.717, 1.165) is 4.62 Å². The Labute approximate surface area is 55.1 Å². The first-order chi connectivity index (χ1) is 3.79. The molecule has 0 amide bonds. The van der Waals surface area contributed by atoms with Gasteiger partial charge < -0.3 is 0 Å². The molecule has 3 N–H and O–H groups in total. The van der Waals surface area contributed by atoms with Crippen molar-refractivity contribution in [3.63, 3.8) is 0 Å². The van der Waals surface area contributed by atoms with Crippen LogP contribution in [-0.2, 0) is 0 Å².